The molecule has 0 saturated heterocycles. The SMILES string of the molecule is C1CCCCCCCCN=N/N=N/N=NCCCCCCCC1. The summed E-state index contributed by atoms with van der Waals surface area (Å²) in [5, 5.41) is 22.2. The van der Waals surface area contributed by atoms with Crippen molar-refractivity contribution in [3.63, 3.8) is 0 Å². The molecule has 1 aliphatic rings. The molecule has 0 aromatic carbocycles. The van der Waals surface area contributed by atoms with Crippen molar-refractivity contribution in [3.8, 4) is 0 Å². The van der Waals surface area contributed by atoms with E-state index in [2.05, 4.69) is 31.1 Å². The molecule has 0 atom stereocenters. The summed E-state index contributed by atoms with van der Waals surface area (Å²) < 4.78 is 0. The zero-order chi connectivity index (χ0) is 16.3. The van der Waals surface area contributed by atoms with Crippen molar-refractivity contribution >= 4 is 0 Å². The third-order valence-corrected chi connectivity index (χ3v) is 4.26. The molecule has 0 bridgehead atoms. The fraction of sp³-hybridized carbons (Fsp3) is 1.00. The summed E-state index contributed by atoms with van der Waals surface area (Å²) in [5.74, 6) is 0. The molecule has 0 aliphatic carbocycles. The molecule has 1 rings (SSSR count). The Kier molecular flexibility index (Phi) is 14.8. The Hall–Kier alpha value is -1.20. The maximum absolute atomic E-state index is 3.96. The van der Waals surface area contributed by atoms with Gasteiger partial charge in [-0.3, -0.25) is 0 Å². The third-order valence-electron chi connectivity index (χ3n) is 4.26. The van der Waals surface area contributed by atoms with Crippen LogP contribution in [0.5, 0.6) is 0 Å². The van der Waals surface area contributed by atoms with E-state index in [-0.39, 0.29) is 0 Å². The fourth-order valence-corrected chi connectivity index (χ4v) is 2.84. The molecule has 6 heteroatoms. The van der Waals surface area contributed by atoms with Crippen LogP contribution >= 0.6 is 0 Å². The van der Waals surface area contributed by atoms with E-state index in [1.807, 2.05) is 0 Å². The van der Waals surface area contributed by atoms with Crippen molar-refractivity contribution in [3.05, 3.63) is 0 Å². The van der Waals surface area contributed by atoms with Gasteiger partial charge < -0.3 is 0 Å². The van der Waals surface area contributed by atoms with Gasteiger partial charge in [0.2, 0.25) is 0 Å². The monoisotopic (exact) mass is 322 g/mol. The van der Waals surface area contributed by atoms with Gasteiger partial charge in [0.05, 0.1) is 13.1 Å². The van der Waals surface area contributed by atoms with Crippen LogP contribution in [0.2, 0.25) is 0 Å². The van der Waals surface area contributed by atoms with Crippen molar-refractivity contribution in [2.24, 2.45) is 31.1 Å². The van der Waals surface area contributed by atoms with Crippen LogP contribution in [-0.4, -0.2) is 13.1 Å². The van der Waals surface area contributed by atoms with Crippen LogP contribution in [0, 0.1) is 0 Å². The first-order valence-corrected chi connectivity index (χ1v) is 9.63. The van der Waals surface area contributed by atoms with Gasteiger partial charge in [-0.15, -0.1) is 0 Å². The fourth-order valence-electron chi connectivity index (χ4n) is 2.84. The minimum absolute atomic E-state index is 0.732. The number of nitrogens with zero attached hydrogens (tertiary/aromatic N) is 6. The van der Waals surface area contributed by atoms with E-state index >= 15 is 0 Å². The molecule has 23 heavy (non-hydrogen) atoms. The second-order valence-corrected chi connectivity index (χ2v) is 6.39. The summed E-state index contributed by atoms with van der Waals surface area (Å²) in [6, 6.07) is 0. The van der Waals surface area contributed by atoms with Crippen LogP contribution in [0.25, 0.3) is 0 Å². The van der Waals surface area contributed by atoms with Gasteiger partial charge in [-0.2, -0.15) is 10.2 Å². The quantitative estimate of drug-likeness (QED) is 0.458. The number of rotatable bonds is 0. The molecular weight excluding hydrogens is 288 g/mol. The maximum atomic E-state index is 3.96. The first-order chi connectivity index (χ1) is 11.5. The molecule has 0 radical (unpaired) electrons. The van der Waals surface area contributed by atoms with Crippen molar-refractivity contribution in [2.75, 3.05) is 13.1 Å². The van der Waals surface area contributed by atoms with E-state index < -0.39 is 0 Å². The van der Waals surface area contributed by atoms with Crippen molar-refractivity contribution in [1.29, 1.82) is 0 Å². The maximum Gasteiger partial charge on any atom is 0.0621 e. The third kappa shape index (κ3) is 15.5. The van der Waals surface area contributed by atoms with E-state index in [0.29, 0.717) is 0 Å². The Bertz CT molecular complexity index is 297. The van der Waals surface area contributed by atoms with E-state index in [1.165, 1.54) is 83.5 Å². The van der Waals surface area contributed by atoms with Gasteiger partial charge in [0, 0.05) is 0 Å². The van der Waals surface area contributed by atoms with Gasteiger partial charge in [-0.05, 0) is 33.7 Å². The number of hydrogen-bond acceptors (Lipinski definition) is 6. The van der Waals surface area contributed by atoms with Crippen LogP contribution in [0.3, 0.4) is 0 Å². The molecule has 6 nitrogen and oxygen atoms in total. The zero-order valence-electron chi connectivity index (χ0n) is 14.7. The Labute approximate surface area is 141 Å². The molecule has 132 valence electrons. The van der Waals surface area contributed by atoms with Gasteiger partial charge >= 0.3 is 0 Å². The van der Waals surface area contributed by atoms with Crippen molar-refractivity contribution < 1.29 is 0 Å². The average molecular weight is 323 g/mol. The highest BCUT2D eigenvalue weighted by Crippen LogP contribution is 2.13. The van der Waals surface area contributed by atoms with E-state index in [0.717, 1.165) is 25.9 Å². The molecule has 0 fully saturated rings. The van der Waals surface area contributed by atoms with Crippen LogP contribution in [0.4, 0.5) is 0 Å². The van der Waals surface area contributed by atoms with E-state index in [1.54, 1.807) is 0 Å². The molecule has 1 heterocycles. The zero-order valence-corrected chi connectivity index (χ0v) is 14.7. The predicted molar refractivity (Wildman–Crippen MR) is 93.6 cm³/mol. The Morgan fingerprint density at radius 1 is 0.261 bits per heavy atom. The summed E-state index contributed by atoms with van der Waals surface area (Å²) in [7, 11) is 0. The summed E-state index contributed by atoms with van der Waals surface area (Å²) in [6.45, 7) is 1.46. The lowest BCUT2D eigenvalue weighted by atomic mass is 10.0. The molecule has 0 aromatic rings. The van der Waals surface area contributed by atoms with Crippen LogP contribution in [-0.2, 0) is 0 Å². The molecule has 0 amide bonds. The molecule has 0 unspecified atom stereocenters. The van der Waals surface area contributed by atoms with Gasteiger partial charge in [0.25, 0.3) is 0 Å². The lowest BCUT2D eigenvalue weighted by Gasteiger charge is -2.03. The first-order valence-electron chi connectivity index (χ1n) is 9.63. The summed E-state index contributed by atoms with van der Waals surface area (Å²) in [6.07, 6.45) is 19.8. The summed E-state index contributed by atoms with van der Waals surface area (Å²) >= 11 is 0. The molecule has 0 aromatic heterocycles. The van der Waals surface area contributed by atoms with Crippen molar-refractivity contribution in [2.45, 2.75) is 96.3 Å². The Balaban J connectivity index is 2.15. The van der Waals surface area contributed by atoms with Crippen LogP contribution in [0.1, 0.15) is 96.3 Å². The largest absolute Gasteiger partial charge is 0.167 e. The predicted octanol–water partition coefficient (Wildman–Crippen LogP) is 7.04. The normalized spacial score (nSPS) is 23.3. The lowest BCUT2D eigenvalue weighted by Crippen LogP contribution is -1.85. The highest BCUT2D eigenvalue weighted by molar-refractivity contribution is 4.51. The van der Waals surface area contributed by atoms with E-state index in [4.69, 9.17) is 0 Å². The van der Waals surface area contributed by atoms with Gasteiger partial charge in [-0.25, -0.2) is 0 Å². The Morgan fingerprint density at radius 2 is 0.522 bits per heavy atom. The minimum Gasteiger partial charge on any atom is -0.167 e. The van der Waals surface area contributed by atoms with Gasteiger partial charge in [-0.1, -0.05) is 83.5 Å². The van der Waals surface area contributed by atoms with Gasteiger partial charge in [0.1, 0.15) is 0 Å². The van der Waals surface area contributed by atoms with Crippen LogP contribution < -0.4 is 0 Å². The van der Waals surface area contributed by atoms with Gasteiger partial charge in [0.15, 0.2) is 0 Å². The smallest absolute Gasteiger partial charge is 0.0621 e. The Morgan fingerprint density at radius 3 is 0.826 bits per heavy atom. The molecule has 0 saturated carbocycles. The minimum atomic E-state index is 0.732. The highest BCUT2D eigenvalue weighted by Gasteiger charge is 1.95. The summed E-state index contributed by atoms with van der Waals surface area (Å²) in [4.78, 5) is 0. The summed E-state index contributed by atoms with van der Waals surface area (Å²) in [5.41, 5.74) is 0. The molecule has 0 N–H and O–H groups in total. The highest BCUT2D eigenvalue weighted by atomic mass is 15.6. The van der Waals surface area contributed by atoms with Crippen LogP contribution in [0.15, 0.2) is 31.1 Å². The van der Waals surface area contributed by atoms with Crippen molar-refractivity contribution in [1.82, 2.24) is 0 Å². The lowest BCUT2D eigenvalue weighted by molar-refractivity contribution is 0.531. The second-order valence-electron chi connectivity index (χ2n) is 6.39. The van der Waals surface area contributed by atoms with E-state index in [9.17, 15) is 0 Å². The number of hydrogen-bond donors (Lipinski definition) is 0. The molecule has 0 spiro atoms. The molecular formula is C17H34N6. The molecule has 1 aliphatic heterocycles. The standard InChI is InChI=1S/C17H34N6/c1-2-4-6-8-10-12-14-16-18-20-22-23-21-19-17-15-13-11-9-7-5-3-1/h1-17H2/b20-18?,21-19?,23-22+. The topological polar surface area (TPSA) is 74.2 Å². The second kappa shape index (κ2) is 17.2. The average Bonchev–Trinajstić information content (AvgIpc) is 2.56. The first kappa shape index (κ1) is 19.8.